The van der Waals surface area contributed by atoms with E-state index in [1.54, 1.807) is 45.9 Å². The van der Waals surface area contributed by atoms with Gasteiger partial charge in [-0.05, 0) is 41.5 Å². The monoisotopic (exact) mass is 745 g/mol. The number of amides is 6. The van der Waals surface area contributed by atoms with Crippen molar-refractivity contribution in [1.82, 2.24) is 37.0 Å². The number of methoxy groups -OCH3 is 4. The fraction of sp³-hybridized carbons (Fsp3) is 0.568. The molecule has 16 heteroatoms. The van der Waals surface area contributed by atoms with Gasteiger partial charge in [0.05, 0.1) is 39.6 Å². The van der Waals surface area contributed by atoms with Gasteiger partial charge in [-0.1, -0.05) is 64.1 Å². The Labute approximate surface area is 313 Å². The molecule has 2 unspecified atom stereocenters. The van der Waals surface area contributed by atoms with Crippen molar-refractivity contribution in [1.29, 1.82) is 0 Å². The molecule has 0 saturated heterocycles. The van der Waals surface area contributed by atoms with E-state index in [9.17, 15) is 24.3 Å². The Bertz CT molecular complexity index is 1410. The van der Waals surface area contributed by atoms with Crippen LogP contribution in [0.2, 0.25) is 0 Å². The van der Waals surface area contributed by atoms with Crippen LogP contribution in [0.15, 0.2) is 48.5 Å². The minimum atomic E-state index is -1.23. The molecule has 0 spiro atoms. The molecule has 0 heterocycles. The van der Waals surface area contributed by atoms with Gasteiger partial charge < -0.3 is 50.6 Å². The molecule has 296 valence electrons. The number of hydrogen-bond acceptors (Lipinski definition) is 10. The third kappa shape index (κ3) is 15.9. The molecule has 2 aromatic rings. The van der Waals surface area contributed by atoms with Gasteiger partial charge in [0.2, 0.25) is 5.91 Å². The van der Waals surface area contributed by atoms with Gasteiger partial charge in [0.25, 0.3) is 5.91 Å². The number of aliphatic hydroxyl groups excluding tert-OH is 1. The molecule has 0 aromatic heterocycles. The number of ether oxygens (including phenoxy) is 4. The van der Waals surface area contributed by atoms with Crippen LogP contribution in [-0.2, 0) is 32.0 Å². The third-order valence-electron chi connectivity index (χ3n) is 8.24. The summed E-state index contributed by atoms with van der Waals surface area (Å²) in [6.07, 6.45) is -0.986. The zero-order valence-corrected chi connectivity index (χ0v) is 32.2. The van der Waals surface area contributed by atoms with Crippen molar-refractivity contribution in [3.63, 3.8) is 0 Å². The van der Waals surface area contributed by atoms with E-state index in [4.69, 9.17) is 18.9 Å². The minimum Gasteiger partial charge on any atom is -0.493 e. The summed E-state index contributed by atoms with van der Waals surface area (Å²) in [5.74, 6) is -0.595. The van der Waals surface area contributed by atoms with E-state index in [-0.39, 0.29) is 44.4 Å². The van der Waals surface area contributed by atoms with E-state index in [0.29, 0.717) is 30.3 Å². The summed E-state index contributed by atoms with van der Waals surface area (Å²) in [6, 6.07) is 10.9. The Morgan fingerprint density at radius 1 is 0.698 bits per heavy atom. The van der Waals surface area contributed by atoms with Gasteiger partial charge in [-0.3, -0.25) is 15.0 Å². The Balaban J connectivity index is 2.42. The minimum absolute atomic E-state index is 0.109. The van der Waals surface area contributed by atoms with Crippen molar-refractivity contribution in [3.8, 4) is 11.5 Å². The van der Waals surface area contributed by atoms with Crippen molar-refractivity contribution < 1.29 is 43.2 Å². The standard InChI is InChI=1S/C37H59N7O9/c1-24(2)32(41-36(48)38-16-18-50-5)34(46)40-28(20-26-12-10-9-11-13-26)29(45)23-44(22-27-14-15-30(52-7)31(21-27)53-8)43-35(47)33(25(3)4)42-37(49)39-17-19-51-6/h9-15,21,24-25,28-29,32-33,45H,16-20,22-23H2,1-8H3,(H,40,46)(H,43,47)(H2,38,41,48)(H2,39,42,49)/t28?,29?,32-,33-/m0/s1. The van der Waals surface area contributed by atoms with Gasteiger partial charge in [0, 0.05) is 40.4 Å². The topological polar surface area (TPSA) is 201 Å². The van der Waals surface area contributed by atoms with Crippen LogP contribution in [0.3, 0.4) is 0 Å². The maximum Gasteiger partial charge on any atom is 0.315 e. The van der Waals surface area contributed by atoms with E-state index < -0.39 is 48.1 Å². The first kappa shape index (κ1) is 44.5. The second-order valence-electron chi connectivity index (χ2n) is 13.1. The summed E-state index contributed by atoms with van der Waals surface area (Å²) in [7, 11) is 6.08. The normalized spacial score (nSPS) is 13.4. The van der Waals surface area contributed by atoms with Crippen LogP contribution < -0.4 is 41.5 Å². The maximum absolute atomic E-state index is 13.8. The van der Waals surface area contributed by atoms with Crippen molar-refractivity contribution in [3.05, 3.63) is 59.7 Å². The van der Waals surface area contributed by atoms with Crippen molar-refractivity contribution in [2.24, 2.45) is 11.8 Å². The molecule has 0 fully saturated rings. The van der Waals surface area contributed by atoms with E-state index in [0.717, 1.165) is 5.56 Å². The van der Waals surface area contributed by atoms with Crippen LogP contribution in [0.5, 0.6) is 11.5 Å². The van der Waals surface area contributed by atoms with Gasteiger partial charge in [0.15, 0.2) is 11.5 Å². The smallest absolute Gasteiger partial charge is 0.315 e. The molecule has 0 aliphatic heterocycles. The first-order valence-electron chi connectivity index (χ1n) is 17.7. The molecule has 0 saturated carbocycles. The average Bonchev–Trinajstić information content (AvgIpc) is 3.12. The maximum atomic E-state index is 13.8. The first-order chi connectivity index (χ1) is 25.3. The average molecular weight is 746 g/mol. The number of carbonyl (C=O) groups is 4. The van der Waals surface area contributed by atoms with E-state index in [2.05, 4.69) is 32.0 Å². The fourth-order valence-electron chi connectivity index (χ4n) is 5.34. The van der Waals surface area contributed by atoms with E-state index in [1.165, 1.54) is 33.4 Å². The second-order valence-corrected chi connectivity index (χ2v) is 13.1. The first-order valence-corrected chi connectivity index (χ1v) is 17.7. The summed E-state index contributed by atoms with van der Waals surface area (Å²) in [6.45, 7) is 8.31. The Morgan fingerprint density at radius 3 is 1.75 bits per heavy atom. The highest BCUT2D eigenvalue weighted by molar-refractivity contribution is 5.88. The lowest BCUT2D eigenvalue weighted by Crippen LogP contribution is -2.60. The summed E-state index contributed by atoms with van der Waals surface area (Å²) in [5.41, 5.74) is 4.45. The summed E-state index contributed by atoms with van der Waals surface area (Å²) >= 11 is 0. The number of rotatable bonds is 23. The molecular formula is C37H59N7O9. The van der Waals surface area contributed by atoms with E-state index in [1.807, 2.05) is 30.3 Å². The highest BCUT2D eigenvalue weighted by Gasteiger charge is 2.32. The molecular weight excluding hydrogens is 686 g/mol. The second kappa shape index (κ2) is 23.8. The summed E-state index contributed by atoms with van der Waals surface area (Å²) in [4.78, 5) is 52.7. The van der Waals surface area contributed by atoms with E-state index >= 15 is 0 Å². The molecule has 2 rings (SSSR count). The van der Waals surface area contributed by atoms with Crippen molar-refractivity contribution in [2.75, 3.05) is 61.3 Å². The number of nitrogens with one attached hydrogen (secondary N) is 6. The Morgan fingerprint density at radius 2 is 1.25 bits per heavy atom. The van der Waals surface area contributed by atoms with Gasteiger partial charge in [-0.25, -0.2) is 14.6 Å². The molecule has 0 aliphatic carbocycles. The molecule has 0 aliphatic rings. The van der Waals surface area contributed by atoms with Gasteiger partial charge in [0.1, 0.15) is 12.1 Å². The molecule has 0 radical (unpaired) electrons. The highest BCUT2D eigenvalue weighted by atomic mass is 16.5. The molecule has 4 atom stereocenters. The number of hydrazine groups is 1. The predicted octanol–water partition coefficient (Wildman–Crippen LogP) is 1.57. The fourth-order valence-corrected chi connectivity index (χ4v) is 5.34. The zero-order chi connectivity index (χ0) is 39.3. The molecule has 6 amide bonds. The lowest BCUT2D eigenvalue weighted by Gasteiger charge is -2.33. The number of benzene rings is 2. The lowest BCUT2D eigenvalue weighted by atomic mass is 9.98. The largest absolute Gasteiger partial charge is 0.493 e. The van der Waals surface area contributed by atoms with Crippen LogP contribution in [-0.4, -0.2) is 120 Å². The molecule has 7 N–H and O–H groups in total. The Kier molecular flexibility index (Phi) is 20.0. The third-order valence-corrected chi connectivity index (χ3v) is 8.24. The van der Waals surface area contributed by atoms with Crippen LogP contribution in [0, 0.1) is 11.8 Å². The summed E-state index contributed by atoms with van der Waals surface area (Å²) < 4.78 is 20.8. The molecule has 0 bridgehead atoms. The number of aliphatic hydroxyl groups is 1. The van der Waals surface area contributed by atoms with Crippen LogP contribution in [0.1, 0.15) is 38.8 Å². The van der Waals surface area contributed by atoms with Crippen molar-refractivity contribution in [2.45, 2.75) is 64.9 Å². The summed E-state index contributed by atoms with van der Waals surface area (Å²) in [5, 5.41) is 27.1. The number of carbonyl (C=O) groups excluding carboxylic acids is 4. The Hall–Kier alpha value is -4.64. The molecule has 53 heavy (non-hydrogen) atoms. The number of hydrogen-bond donors (Lipinski definition) is 7. The molecule has 2 aromatic carbocycles. The van der Waals surface area contributed by atoms with Crippen molar-refractivity contribution >= 4 is 23.9 Å². The highest BCUT2D eigenvalue weighted by Crippen LogP contribution is 2.28. The SMILES string of the molecule is COCCNC(=O)N[C@H](C(=O)NC(Cc1ccccc1)C(O)CN(Cc1ccc(OC)c(OC)c1)NC(=O)[C@@H](NC(=O)NCCOC)C(C)C)C(C)C. The number of nitrogens with zero attached hydrogens (tertiary/aromatic N) is 1. The predicted molar refractivity (Wildman–Crippen MR) is 200 cm³/mol. The number of urea groups is 2. The zero-order valence-electron chi connectivity index (χ0n) is 32.2. The quantitative estimate of drug-likeness (QED) is 0.0647. The van der Waals surface area contributed by atoms with Crippen LogP contribution in [0.25, 0.3) is 0 Å². The lowest BCUT2D eigenvalue weighted by molar-refractivity contribution is -0.131. The van der Waals surface area contributed by atoms with Crippen LogP contribution in [0.4, 0.5) is 9.59 Å². The van der Waals surface area contributed by atoms with Crippen LogP contribution >= 0.6 is 0 Å². The van der Waals surface area contributed by atoms with Gasteiger partial charge >= 0.3 is 12.1 Å². The molecule has 16 nitrogen and oxygen atoms in total. The van der Waals surface area contributed by atoms with Gasteiger partial charge in [-0.2, -0.15) is 0 Å². The van der Waals surface area contributed by atoms with Gasteiger partial charge in [-0.15, -0.1) is 0 Å².